The maximum atomic E-state index is 11.7. The molecule has 2 fully saturated rings. The third kappa shape index (κ3) is 18.2. The van der Waals surface area contributed by atoms with Crippen molar-refractivity contribution in [2.75, 3.05) is 86.7 Å². The first-order valence-electron chi connectivity index (χ1n) is 35.0. The average Bonchev–Trinajstić information content (AvgIpc) is 0.963. The molecule has 362 valence electrons. The molecule has 3 N–H and O–H groups in total. The van der Waals surface area contributed by atoms with Crippen molar-refractivity contribution in [2.45, 2.75) is 32.9 Å². The molecule has 8 aromatic rings. The summed E-state index contributed by atoms with van der Waals surface area (Å²) in [4.78, 5) is 39.4. The van der Waals surface area contributed by atoms with E-state index >= 15 is 0 Å². The van der Waals surface area contributed by atoms with Crippen molar-refractivity contribution < 1.29 is 172 Å². The number of alkyl halides is 1. The summed E-state index contributed by atoms with van der Waals surface area (Å²) < 4.78 is 275. The van der Waals surface area contributed by atoms with Crippen LogP contribution in [-0.2, 0) is 9.68 Å². The Balaban J connectivity index is 0.000000417. The van der Waals surface area contributed by atoms with Gasteiger partial charge in [-0.1, -0.05) is 35.5 Å². The van der Waals surface area contributed by atoms with Crippen molar-refractivity contribution >= 4 is 98.4 Å². The SMILES string of the molecule is C.O=CO[O-].[2H]C([2H])(Br)C([2H])([2H])C([2H])([2H])C([2H])([2H])Oc1ccc2ccc(=O)[nH]c2c1.[2H]C([2H])(Oc1ccc2ccc(=O)[nH]c2c1)C([2H])([2H])C([2H])([2H])C([2H])([2H])N1C([2H])([2H])C([2H])([2H])N(c2cccc3sccc23)C([2H])([2H])C1([2H])[2H].[2H]C1([2H])NC([2H])([2H])C([2H])([2H])N(c2cccc3sccc23)C1([2H])[2H].[H-].[K+].[K+]. The summed E-state index contributed by atoms with van der Waals surface area (Å²) >= 11 is 5.00. The Morgan fingerprint density at radius 2 is 1.14 bits per heavy atom. The summed E-state index contributed by atoms with van der Waals surface area (Å²) in [5, 5.41) is 12.7. The Labute approximate surface area is 557 Å². The summed E-state index contributed by atoms with van der Waals surface area (Å²) in [7, 11) is 0. The molecule has 0 radical (unpaired) electrons. The molecule has 4 aromatic carbocycles. The first-order chi connectivity index (χ1) is 44.8. The van der Waals surface area contributed by atoms with E-state index in [2.05, 4.69) is 30.8 Å². The summed E-state index contributed by atoms with van der Waals surface area (Å²) in [5.74, 6) is -0.562. The standard InChI is InChI=1S/C25H27N3O2S.C13H14BrNO2.C12H14N2S.CH2O3.CH4.2K.H/c29-25-9-7-19-6-8-20(18-22(19)26-25)30-16-2-1-11-27-12-14-28(15-13-27)23-4-3-5-24-21(23)10-17-31-24;14-7-1-2-8-17-11-5-3-10-4-6-13(16)15-12(10)9-11;1-2-11(14-7-5-13-6-8-14)10-4-9-15-12(10)3-1;2-1-4-3;;;;/h3-10,17-18H,1-2,11-16H2,(H,26,29);3-6,9H,1-2,7-8H2,(H,15,16);1-4,9,13H,5-8H2;1,3H;1H4;;;/q;;;;;2*+1;-1/p-1/i1D2,2D2,11D2,12D2,13D2,14D2,15D2,16D2;1D2,2D2,7D2,8D2;5D2,6D2,7D2,8D2;;;;;. The fourth-order valence-corrected chi connectivity index (χ4v) is 7.55. The number of ether oxygens (including phenoxy) is 2. The molecule has 6 heterocycles. The third-order valence-corrected chi connectivity index (χ3v) is 10.6. The molecule has 0 bridgehead atoms. The van der Waals surface area contributed by atoms with Crippen molar-refractivity contribution in [1.29, 1.82) is 0 Å². The van der Waals surface area contributed by atoms with Crippen LogP contribution < -0.4 is 144 Å². The molecular formula is C52H61BrK2N6O7S2. The predicted molar refractivity (Wildman–Crippen MR) is 285 cm³/mol. The fourth-order valence-electron chi connectivity index (χ4n) is 5.84. The fraction of sp³-hybridized carbons (Fsp3) is 0.327. The van der Waals surface area contributed by atoms with Crippen molar-refractivity contribution in [2.24, 2.45) is 0 Å². The third-order valence-electron chi connectivity index (χ3n) is 8.65. The summed E-state index contributed by atoms with van der Waals surface area (Å²) in [6.07, 6.45) is -15.0. The van der Waals surface area contributed by atoms with E-state index in [1.54, 1.807) is 41.1 Å². The number of carbonyl (C=O) groups excluding carboxylic acids is 1. The number of H-pyrrole nitrogens is 2. The van der Waals surface area contributed by atoms with Crippen LogP contribution in [0, 0.1) is 0 Å². The minimum atomic E-state index is -4.31. The van der Waals surface area contributed by atoms with Gasteiger partial charge in [0.05, 0.1) is 40.6 Å². The van der Waals surface area contributed by atoms with Crippen LogP contribution in [0.5, 0.6) is 11.5 Å². The largest absolute Gasteiger partial charge is 1.00 e. The number of piperazine rings is 2. The number of nitrogens with zero attached hydrogens (tertiary/aromatic N) is 3. The van der Waals surface area contributed by atoms with Crippen LogP contribution in [0.4, 0.5) is 11.4 Å². The van der Waals surface area contributed by atoms with E-state index in [0.29, 0.717) is 31.3 Å². The van der Waals surface area contributed by atoms with Crippen LogP contribution in [0.2, 0.25) is 0 Å². The monoisotopic (exact) mass is 1130 g/mol. The van der Waals surface area contributed by atoms with E-state index in [1.807, 2.05) is 5.32 Å². The first kappa shape index (κ1) is 28.4. The maximum Gasteiger partial charge on any atom is 1.00 e. The van der Waals surface area contributed by atoms with Gasteiger partial charge in [-0.05, 0) is 126 Å². The molecule has 0 unspecified atom stereocenters. The van der Waals surface area contributed by atoms with Gasteiger partial charge in [-0.15, -0.1) is 22.7 Å². The molecule has 2 saturated heterocycles. The zero-order valence-corrected chi connectivity index (χ0v) is 45.5. The predicted octanol–water partition coefficient (Wildman–Crippen LogP) is 3.31. The second kappa shape index (κ2) is 32.7. The van der Waals surface area contributed by atoms with Crippen molar-refractivity contribution in [3.8, 4) is 11.5 Å². The number of nitrogens with one attached hydrogen (secondary N) is 3. The second-order valence-corrected chi connectivity index (χ2v) is 15.0. The number of hydrogen-bond acceptors (Lipinski definition) is 13. The molecular weight excluding hydrogens is 1040 g/mol. The zero-order chi connectivity index (χ0) is 75.3. The van der Waals surface area contributed by atoms with Crippen molar-refractivity contribution in [3.63, 3.8) is 0 Å². The first-order valence-corrected chi connectivity index (χ1v) is 21.5. The molecule has 0 atom stereocenters. The summed E-state index contributed by atoms with van der Waals surface area (Å²) in [6, 6.07) is 25.7. The number of anilines is 2. The Morgan fingerprint density at radius 1 is 0.671 bits per heavy atom. The molecule has 2 aliphatic rings. The number of thiophene rings is 2. The Morgan fingerprint density at radius 3 is 1.63 bits per heavy atom. The van der Waals surface area contributed by atoms with Crippen LogP contribution in [0.1, 0.15) is 78.2 Å². The maximum absolute atomic E-state index is 11.7. The van der Waals surface area contributed by atoms with Crippen molar-refractivity contribution in [1.82, 2.24) is 20.2 Å². The van der Waals surface area contributed by atoms with Gasteiger partial charge in [0.1, 0.15) is 11.5 Å². The number of aromatic nitrogens is 2. The van der Waals surface area contributed by atoms with Crippen molar-refractivity contribution in [3.05, 3.63) is 141 Å². The molecule has 0 spiro atoms. The van der Waals surface area contributed by atoms with Gasteiger partial charge in [0.25, 0.3) is 6.47 Å². The molecule has 18 heteroatoms. The van der Waals surface area contributed by atoms with E-state index < -0.39 is 119 Å². The van der Waals surface area contributed by atoms with E-state index in [1.165, 1.54) is 95.5 Å². The normalized spacial score (nSPS) is 27.4. The number of rotatable bonds is 14. The summed E-state index contributed by atoms with van der Waals surface area (Å²) in [5.41, 5.74) is -0.578. The van der Waals surface area contributed by atoms with E-state index in [9.17, 15) is 9.59 Å². The van der Waals surface area contributed by atoms with Gasteiger partial charge in [-0.3, -0.25) is 19.3 Å². The van der Waals surface area contributed by atoms with Crippen LogP contribution >= 0.6 is 38.6 Å². The molecule has 0 saturated carbocycles. The number of hydrogen-bond donors (Lipinski definition) is 3. The van der Waals surface area contributed by atoms with Crippen LogP contribution in [0.3, 0.4) is 0 Å². The number of halogens is 1. The Hall–Kier alpha value is -2.48. The van der Waals surface area contributed by atoms with Crippen LogP contribution in [0.25, 0.3) is 42.0 Å². The summed E-state index contributed by atoms with van der Waals surface area (Å²) in [6.45, 7) is -37.8. The second-order valence-electron chi connectivity index (χ2n) is 12.7. The van der Waals surface area contributed by atoms with Gasteiger partial charge in [-0.25, -0.2) is 0 Å². The van der Waals surface area contributed by atoms with Gasteiger partial charge in [0.15, 0.2) is 0 Å². The van der Waals surface area contributed by atoms with E-state index in [-0.39, 0.29) is 157 Å². The number of pyridine rings is 2. The molecule has 0 aliphatic carbocycles. The molecule has 70 heavy (non-hydrogen) atoms. The Bertz CT molecular complexity index is 4380. The molecule has 4 aromatic heterocycles. The van der Waals surface area contributed by atoms with Gasteiger partial charge in [0.2, 0.25) is 11.1 Å². The number of aromatic amines is 2. The van der Waals surface area contributed by atoms with Crippen LogP contribution in [-0.4, -0.2) is 98.2 Å². The number of carbonyl (C=O) groups is 1. The van der Waals surface area contributed by atoms with Gasteiger partial charge in [0, 0.05) is 140 Å². The quantitative estimate of drug-likeness (QED) is 0.0484. The topological polar surface area (TPSA) is 155 Å². The van der Waals surface area contributed by atoms with Crippen LogP contribution in [0.15, 0.2) is 130 Å². The van der Waals surface area contributed by atoms with Gasteiger partial charge >= 0.3 is 103 Å². The number of benzene rings is 4. The minimum absolute atomic E-state index is 0. The molecule has 2 aliphatic heterocycles. The molecule has 0 amide bonds. The Kier molecular flexibility index (Phi) is 13.3. The van der Waals surface area contributed by atoms with E-state index in [0.717, 1.165) is 10.8 Å². The smallest absolute Gasteiger partial charge is 1.00 e. The molecule has 10 rings (SSSR count). The number of fused-ring (bicyclic) bond motifs is 4. The molecule has 13 nitrogen and oxygen atoms in total. The average molecular weight is 1140 g/mol. The minimum Gasteiger partial charge on any atom is -1.00 e. The van der Waals surface area contributed by atoms with E-state index in [4.69, 9.17) is 63.4 Å². The zero-order valence-electron chi connectivity index (χ0n) is 69.0. The van der Waals surface area contributed by atoms with Gasteiger partial charge in [-0.2, -0.15) is 0 Å². The van der Waals surface area contributed by atoms with Gasteiger partial charge < -0.3 is 46.1 Å².